The number of nitrogens with zero attached hydrogens (tertiary/aromatic N) is 2. The average Bonchev–Trinajstić information content (AvgIpc) is 3.15. The summed E-state index contributed by atoms with van der Waals surface area (Å²) in [6.45, 7) is 1.26. The van der Waals surface area contributed by atoms with Crippen molar-refractivity contribution in [2.45, 2.75) is 24.3 Å². The number of hydrogen-bond donors (Lipinski definition) is 1. The Bertz CT molecular complexity index is 1330. The molecular weight excluding hydrogens is 466 g/mol. The standard InChI is InChI=1S/C23H20ClN3O5S/c1-15-12-16-6-2-3-10-20(16)27(15)33(30,31)18-8-4-7-17(13-18)23(29)32-14-21(28)26-19-9-5-11-25-22(19)24/h2-11,13,15H,12,14H2,1H3,(H,26,28)/t15-/m0/s1. The van der Waals surface area contributed by atoms with Gasteiger partial charge in [-0.3, -0.25) is 9.10 Å². The van der Waals surface area contributed by atoms with Gasteiger partial charge < -0.3 is 10.1 Å². The van der Waals surface area contributed by atoms with Crippen molar-refractivity contribution in [3.05, 3.63) is 83.1 Å². The fourth-order valence-electron chi connectivity index (χ4n) is 3.68. The van der Waals surface area contributed by atoms with Crippen LogP contribution in [0.4, 0.5) is 11.4 Å². The molecule has 0 fully saturated rings. The molecule has 1 aliphatic heterocycles. The van der Waals surface area contributed by atoms with Gasteiger partial charge in [0.15, 0.2) is 11.8 Å². The molecule has 0 saturated heterocycles. The fraction of sp³-hybridized carbons (Fsp3) is 0.174. The average molecular weight is 486 g/mol. The summed E-state index contributed by atoms with van der Waals surface area (Å²) in [6.07, 6.45) is 2.08. The number of fused-ring (bicyclic) bond motifs is 1. The van der Waals surface area contributed by atoms with E-state index in [1.165, 1.54) is 34.8 Å². The first kappa shape index (κ1) is 22.8. The van der Waals surface area contributed by atoms with Gasteiger partial charge in [0.1, 0.15) is 0 Å². The van der Waals surface area contributed by atoms with E-state index >= 15 is 0 Å². The molecule has 0 radical (unpaired) electrons. The van der Waals surface area contributed by atoms with Gasteiger partial charge >= 0.3 is 5.97 Å². The van der Waals surface area contributed by atoms with E-state index in [0.29, 0.717) is 12.1 Å². The number of halogens is 1. The lowest BCUT2D eigenvalue weighted by atomic mass is 10.1. The van der Waals surface area contributed by atoms with Crippen molar-refractivity contribution in [3.63, 3.8) is 0 Å². The van der Waals surface area contributed by atoms with E-state index in [1.54, 1.807) is 24.3 Å². The zero-order valence-electron chi connectivity index (χ0n) is 17.6. The molecule has 1 aliphatic rings. The molecule has 33 heavy (non-hydrogen) atoms. The second kappa shape index (κ2) is 9.21. The van der Waals surface area contributed by atoms with Gasteiger partial charge in [-0.15, -0.1) is 0 Å². The highest BCUT2D eigenvalue weighted by atomic mass is 35.5. The van der Waals surface area contributed by atoms with E-state index in [-0.39, 0.29) is 27.3 Å². The molecule has 2 heterocycles. The lowest BCUT2D eigenvalue weighted by Gasteiger charge is -2.24. The summed E-state index contributed by atoms with van der Waals surface area (Å²) in [7, 11) is -3.91. The predicted octanol–water partition coefficient (Wildman–Crippen LogP) is 3.67. The van der Waals surface area contributed by atoms with E-state index in [9.17, 15) is 18.0 Å². The number of amides is 1. The highest BCUT2D eigenvalue weighted by Gasteiger charge is 2.36. The predicted molar refractivity (Wildman–Crippen MR) is 124 cm³/mol. The van der Waals surface area contributed by atoms with Crippen molar-refractivity contribution in [2.75, 3.05) is 16.2 Å². The third-order valence-corrected chi connectivity index (χ3v) is 7.36. The van der Waals surface area contributed by atoms with Crippen LogP contribution in [0.1, 0.15) is 22.8 Å². The number of ether oxygens (including phenoxy) is 1. The number of hydrogen-bond acceptors (Lipinski definition) is 6. The minimum atomic E-state index is -3.91. The van der Waals surface area contributed by atoms with Gasteiger partial charge in [-0.1, -0.05) is 35.9 Å². The number of carbonyl (C=O) groups is 2. The van der Waals surface area contributed by atoms with Crippen molar-refractivity contribution >= 4 is 44.9 Å². The summed E-state index contributed by atoms with van der Waals surface area (Å²) in [5, 5.41) is 2.60. The Morgan fingerprint density at radius 2 is 1.94 bits per heavy atom. The van der Waals surface area contributed by atoms with Crippen LogP contribution in [0.25, 0.3) is 0 Å². The molecule has 1 amide bonds. The summed E-state index contributed by atoms with van der Waals surface area (Å²) in [5.41, 5.74) is 1.88. The number of pyridine rings is 1. The minimum absolute atomic E-state index is 0.0171. The first-order valence-corrected chi connectivity index (χ1v) is 11.9. The Morgan fingerprint density at radius 1 is 1.15 bits per heavy atom. The second-order valence-electron chi connectivity index (χ2n) is 7.48. The molecule has 2 aromatic carbocycles. The quantitative estimate of drug-likeness (QED) is 0.422. The van der Waals surface area contributed by atoms with Crippen molar-refractivity contribution in [1.29, 1.82) is 0 Å². The molecule has 1 atom stereocenters. The fourth-order valence-corrected chi connectivity index (χ4v) is 5.59. The van der Waals surface area contributed by atoms with Crippen LogP contribution >= 0.6 is 11.6 Å². The molecule has 0 spiro atoms. The molecule has 0 unspecified atom stereocenters. The third kappa shape index (κ3) is 4.69. The molecule has 3 aromatic rings. The second-order valence-corrected chi connectivity index (χ2v) is 9.65. The van der Waals surface area contributed by atoms with Gasteiger partial charge in [0.05, 0.1) is 21.8 Å². The lowest BCUT2D eigenvalue weighted by Crippen LogP contribution is -2.35. The van der Waals surface area contributed by atoms with Crippen LogP contribution in [0.2, 0.25) is 5.15 Å². The first-order chi connectivity index (χ1) is 15.8. The van der Waals surface area contributed by atoms with Gasteiger partial charge in [-0.05, 0) is 55.3 Å². The normalized spacial score (nSPS) is 15.1. The van der Waals surface area contributed by atoms with Crippen LogP contribution in [-0.2, 0) is 26.0 Å². The number of rotatable bonds is 6. The summed E-state index contributed by atoms with van der Waals surface area (Å²) in [6, 6.07) is 15.8. The van der Waals surface area contributed by atoms with E-state index in [1.807, 2.05) is 19.1 Å². The van der Waals surface area contributed by atoms with Gasteiger partial charge in [0.2, 0.25) is 0 Å². The Labute approximate surface area is 196 Å². The Balaban J connectivity index is 1.48. The molecule has 0 saturated carbocycles. The zero-order valence-corrected chi connectivity index (χ0v) is 19.1. The molecule has 10 heteroatoms. The molecule has 0 bridgehead atoms. The van der Waals surface area contributed by atoms with Crippen molar-refractivity contribution in [3.8, 4) is 0 Å². The van der Waals surface area contributed by atoms with Gasteiger partial charge in [-0.25, -0.2) is 18.2 Å². The number of para-hydroxylation sites is 1. The maximum atomic E-state index is 13.4. The third-order valence-electron chi connectivity index (χ3n) is 5.14. The number of benzene rings is 2. The highest BCUT2D eigenvalue weighted by molar-refractivity contribution is 7.92. The smallest absolute Gasteiger partial charge is 0.338 e. The summed E-state index contributed by atoms with van der Waals surface area (Å²) < 4.78 is 33.2. The molecule has 0 aliphatic carbocycles. The van der Waals surface area contributed by atoms with Crippen molar-refractivity contribution < 1.29 is 22.7 Å². The number of sulfonamides is 1. The topological polar surface area (TPSA) is 106 Å². The molecule has 170 valence electrons. The molecule has 1 aromatic heterocycles. The molecule has 4 rings (SSSR count). The summed E-state index contributed by atoms with van der Waals surface area (Å²) in [5.74, 6) is -1.43. The van der Waals surface area contributed by atoms with Crippen LogP contribution in [0, 0.1) is 0 Å². The molecular formula is C23H20ClN3O5S. The molecule has 8 nitrogen and oxygen atoms in total. The number of carbonyl (C=O) groups excluding carboxylic acids is 2. The molecule has 1 N–H and O–H groups in total. The largest absolute Gasteiger partial charge is 0.452 e. The number of nitrogens with one attached hydrogen (secondary N) is 1. The van der Waals surface area contributed by atoms with Crippen LogP contribution in [0.15, 0.2) is 71.8 Å². The summed E-state index contributed by atoms with van der Waals surface area (Å²) in [4.78, 5) is 28.4. The van der Waals surface area contributed by atoms with E-state index < -0.39 is 28.5 Å². The van der Waals surface area contributed by atoms with Gasteiger partial charge in [0.25, 0.3) is 15.9 Å². The van der Waals surface area contributed by atoms with E-state index in [0.717, 1.165) is 5.56 Å². The Kier molecular flexibility index (Phi) is 6.35. The number of aromatic nitrogens is 1. The Hall–Kier alpha value is -3.43. The highest BCUT2D eigenvalue weighted by Crippen LogP contribution is 2.36. The Morgan fingerprint density at radius 3 is 2.73 bits per heavy atom. The van der Waals surface area contributed by atoms with Crippen LogP contribution in [0.5, 0.6) is 0 Å². The van der Waals surface area contributed by atoms with E-state index in [4.69, 9.17) is 16.3 Å². The maximum Gasteiger partial charge on any atom is 0.338 e. The summed E-state index contributed by atoms with van der Waals surface area (Å²) >= 11 is 5.89. The lowest BCUT2D eigenvalue weighted by molar-refractivity contribution is -0.119. The van der Waals surface area contributed by atoms with E-state index in [2.05, 4.69) is 10.3 Å². The SMILES string of the molecule is C[C@H]1Cc2ccccc2N1S(=O)(=O)c1cccc(C(=O)OCC(=O)Nc2cccnc2Cl)c1. The van der Waals surface area contributed by atoms with Crippen LogP contribution < -0.4 is 9.62 Å². The number of anilines is 2. The number of esters is 1. The van der Waals surface area contributed by atoms with Gasteiger partial charge in [0, 0.05) is 12.2 Å². The monoisotopic (exact) mass is 485 g/mol. The van der Waals surface area contributed by atoms with Crippen molar-refractivity contribution in [1.82, 2.24) is 4.98 Å². The van der Waals surface area contributed by atoms with Crippen molar-refractivity contribution in [2.24, 2.45) is 0 Å². The first-order valence-electron chi connectivity index (χ1n) is 10.1. The van der Waals surface area contributed by atoms with Crippen LogP contribution in [0.3, 0.4) is 0 Å². The van der Waals surface area contributed by atoms with Crippen LogP contribution in [-0.4, -0.2) is 37.9 Å². The maximum absolute atomic E-state index is 13.4. The zero-order chi connectivity index (χ0) is 23.6. The van der Waals surface area contributed by atoms with Gasteiger partial charge in [-0.2, -0.15) is 0 Å². The minimum Gasteiger partial charge on any atom is -0.452 e.